The van der Waals surface area contributed by atoms with E-state index in [0.717, 1.165) is 12.0 Å². The molecule has 0 spiro atoms. The summed E-state index contributed by atoms with van der Waals surface area (Å²) in [6, 6.07) is 8.48. The summed E-state index contributed by atoms with van der Waals surface area (Å²) in [7, 11) is 0.246. The lowest BCUT2D eigenvalue weighted by Crippen LogP contribution is -2.07. The second kappa shape index (κ2) is 9.75. The summed E-state index contributed by atoms with van der Waals surface area (Å²) in [5.41, 5.74) is 1.24. The van der Waals surface area contributed by atoms with Crippen LogP contribution in [0, 0.1) is 0 Å². The lowest BCUT2D eigenvalue weighted by Gasteiger charge is -2.13. The smallest absolute Gasteiger partial charge is 0.308 e. The Morgan fingerprint density at radius 1 is 1.13 bits per heavy atom. The van der Waals surface area contributed by atoms with Crippen LogP contribution < -0.4 is 18.9 Å². The summed E-state index contributed by atoms with van der Waals surface area (Å²) >= 11 is 0. The fourth-order valence-corrected chi connectivity index (χ4v) is 4.01. The Labute approximate surface area is 177 Å². The number of carbonyl (C=O) groups is 2. The van der Waals surface area contributed by atoms with Gasteiger partial charge in [0, 0.05) is 19.4 Å². The number of Topliss-reactive ketones (excluding diaryl/α,β-unsaturated/α-hetero) is 1. The molecule has 0 amide bonds. The third-order valence-electron chi connectivity index (χ3n) is 4.50. The van der Waals surface area contributed by atoms with Crippen molar-refractivity contribution >= 4 is 22.6 Å². The molecule has 0 aliphatic carbocycles. The van der Waals surface area contributed by atoms with Crippen molar-refractivity contribution in [2.45, 2.75) is 38.0 Å². The molecule has 2 aromatic carbocycles. The number of carbonyl (C=O) groups excluding carboxylic acids is 2. The molecular weight excluding hydrogens is 408 g/mol. The molecule has 0 saturated carbocycles. The molecular formula is C22H24O7S. The number of fused-ring (bicyclic) bond motifs is 1. The summed E-state index contributed by atoms with van der Waals surface area (Å²) in [4.78, 5) is 24.8. The van der Waals surface area contributed by atoms with Crippen molar-refractivity contribution in [3.8, 4) is 23.0 Å². The van der Waals surface area contributed by atoms with E-state index in [2.05, 4.69) is 0 Å². The molecule has 7 nitrogen and oxygen atoms in total. The molecule has 0 fully saturated rings. The number of hydrogen-bond donors (Lipinski definition) is 0. The number of ketones is 1. The molecule has 1 atom stereocenters. The Kier molecular flexibility index (Phi) is 7.10. The van der Waals surface area contributed by atoms with Crippen LogP contribution in [-0.2, 0) is 22.0 Å². The molecule has 0 aromatic heterocycles. The van der Waals surface area contributed by atoms with Crippen LogP contribution >= 0.6 is 0 Å². The van der Waals surface area contributed by atoms with Crippen molar-refractivity contribution in [1.82, 2.24) is 0 Å². The zero-order valence-electron chi connectivity index (χ0n) is 17.2. The third kappa shape index (κ3) is 4.99. The first kappa shape index (κ1) is 21.8. The Morgan fingerprint density at radius 2 is 1.93 bits per heavy atom. The largest absolute Gasteiger partial charge is 0.493 e. The first-order valence-electron chi connectivity index (χ1n) is 9.63. The van der Waals surface area contributed by atoms with Gasteiger partial charge in [-0.1, -0.05) is 13.0 Å². The van der Waals surface area contributed by atoms with Crippen molar-refractivity contribution in [2.75, 3.05) is 19.7 Å². The average molecular weight is 432 g/mol. The fraction of sp³-hybridized carbons (Fsp3) is 0.364. The molecule has 2 aromatic rings. The monoisotopic (exact) mass is 432 g/mol. The number of benzene rings is 2. The highest BCUT2D eigenvalue weighted by molar-refractivity contribution is 7.85. The van der Waals surface area contributed by atoms with Crippen molar-refractivity contribution in [3.05, 3.63) is 41.5 Å². The van der Waals surface area contributed by atoms with Gasteiger partial charge >= 0.3 is 5.97 Å². The SMILES string of the molecule is CCCOc1cc2c(cc1C(=O)CCc1ccc(OC)c(OC(C)=O)c1)OCS2=O. The van der Waals surface area contributed by atoms with Crippen LogP contribution in [0.4, 0.5) is 0 Å². The zero-order valence-corrected chi connectivity index (χ0v) is 18.0. The Hall–Kier alpha value is -2.87. The molecule has 0 bridgehead atoms. The van der Waals surface area contributed by atoms with E-state index < -0.39 is 16.8 Å². The molecule has 0 N–H and O–H groups in total. The van der Waals surface area contributed by atoms with Gasteiger partial charge in [0.05, 0.1) is 35.0 Å². The van der Waals surface area contributed by atoms with E-state index in [4.69, 9.17) is 18.9 Å². The number of hydrogen-bond acceptors (Lipinski definition) is 7. The standard InChI is InChI=1S/C22H24O7S/c1-4-9-27-19-12-22-21(28-13-30(22)25)11-16(19)17(24)7-5-15-6-8-18(26-3)20(10-15)29-14(2)23/h6,8,10-12H,4-5,7,9,13H2,1-3H3. The van der Waals surface area contributed by atoms with E-state index in [1.807, 2.05) is 13.0 Å². The Bertz CT molecular complexity index is 984. The molecule has 3 rings (SSSR count). The van der Waals surface area contributed by atoms with Crippen LogP contribution in [0.15, 0.2) is 35.2 Å². The van der Waals surface area contributed by atoms with Gasteiger partial charge in [-0.2, -0.15) is 0 Å². The van der Waals surface area contributed by atoms with Crippen LogP contribution in [-0.4, -0.2) is 35.6 Å². The highest BCUT2D eigenvalue weighted by atomic mass is 32.2. The molecule has 8 heteroatoms. The lowest BCUT2D eigenvalue weighted by atomic mass is 10.0. The summed E-state index contributed by atoms with van der Waals surface area (Å²) < 4.78 is 33.6. The molecule has 160 valence electrons. The van der Waals surface area contributed by atoms with E-state index >= 15 is 0 Å². The number of ether oxygens (including phenoxy) is 4. The lowest BCUT2D eigenvalue weighted by molar-refractivity contribution is -0.132. The number of esters is 1. The average Bonchev–Trinajstić information content (AvgIpc) is 3.09. The summed E-state index contributed by atoms with van der Waals surface area (Å²) in [5, 5.41) is 0. The number of methoxy groups -OCH3 is 1. The van der Waals surface area contributed by atoms with E-state index in [-0.39, 0.29) is 18.1 Å². The van der Waals surface area contributed by atoms with Crippen molar-refractivity contribution in [2.24, 2.45) is 0 Å². The fourth-order valence-electron chi connectivity index (χ4n) is 3.07. The Balaban J connectivity index is 1.79. The van der Waals surface area contributed by atoms with Crippen molar-refractivity contribution < 1.29 is 32.7 Å². The Morgan fingerprint density at radius 3 is 2.63 bits per heavy atom. The number of aryl methyl sites for hydroxylation is 1. The molecule has 1 unspecified atom stereocenters. The second-order valence-electron chi connectivity index (χ2n) is 6.75. The minimum Gasteiger partial charge on any atom is -0.493 e. The maximum Gasteiger partial charge on any atom is 0.308 e. The summed E-state index contributed by atoms with van der Waals surface area (Å²) in [6.07, 6.45) is 1.44. The predicted octanol–water partition coefficient (Wildman–Crippen LogP) is 3.68. The second-order valence-corrected chi connectivity index (χ2v) is 8.12. The number of rotatable bonds is 9. The van der Waals surface area contributed by atoms with Gasteiger partial charge in [0.1, 0.15) is 11.5 Å². The van der Waals surface area contributed by atoms with Gasteiger partial charge < -0.3 is 18.9 Å². The van der Waals surface area contributed by atoms with E-state index in [1.165, 1.54) is 14.0 Å². The molecule has 30 heavy (non-hydrogen) atoms. The predicted molar refractivity (Wildman–Crippen MR) is 111 cm³/mol. The normalized spacial score (nSPS) is 14.6. The van der Waals surface area contributed by atoms with Gasteiger partial charge in [-0.25, -0.2) is 0 Å². The molecule has 1 heterocycles. The van der Waals surface area contributed by atoms with Crippen molar-refractivity contribution in [3.63, 3.8) is 0 Å². The van der Waals surface area contributed by atoms with Gasteiger partial charge in [-0.15, -0.1) is 0 Å². The molecule has 1 aliphatic rings. The summed E-state index contributed by atoms with van der Waals surface area (Å²) in [6.45, 7) is 3.74. The van der Waals surface area contributed by atoms with Gasteiger partial charge in [0.15, 0.2) is 23.2 Å². The third-order valence-corrected chi connectivity index (χ3v) is 5.64. The quantitative estimate of drug-likeness (QED) is 0.339. The highest BCUT2D eigenvalue weighted by Gasteiger charge is 2.25. The first-order valence-corrected chi connectivity index (χ1v) is 10.9. The highest BCUT2D eigenvalue weighted by Crippen LogP contribution is 2.36. The maximum atomic E-state index is 12.9. The molecule has 0 saturated heterocycles. The zero-order chi connectivity index (χ0) is 21.7. The maximum absolute atomic E-state index is 12.9. The van der Waals surface area contributed by atoms with Gasteiger partial charge in [-0.3, -0.25) is 13.8 Å². The van der Waals surface area contributed by atoms with E-state index in [9.17, 15) is 13.8 Å². The summed E-state index contributed by atoms with van der Waals surface area (Å²) in [5.74, 6) is 1.17. The van der Waals surface area contributed by atoms with Gasteiger partial charge in [0.25, 0.3) is 0 Å². The minimum absolute atomic E-state index is 0.0883. The van der Waals surface area contributed by atoms with E-state index in [1.54, 1.807) is 24.3 Å². The van der Waals surface area contributed by atoms with Crippen LogP contribution in [0.25, 0.3) is 0 Å². The molecule has 1 aliphatic heterocycles. The van der Waals surface area contributed by atoms with Crippen LogP contribution in [0.5, 0.6) is 23.0 Å². The van der Waals surface area contributed by atoms with Gasteiger partial charge in [-0.05, 0) is 36.6 Å². The first-order chi connectivity index (χ1) is 14.4. The molecule has 0 radical (unpaired) electrons. The van der Waals surface area contributed by atoms with Crippen molar-refractivity contribution in [1.29, 1.82) is 0 Å². The van der Waals surface area contributed by atoms with Gasteiger partial charge in [0.2, 0.25) is 0 Å². The minimum atomic E-state index is -1.25. The van der Waals surface area contributed by atoms with Crippen LogP contribution in [0.2, 0.25) is 0 Å². The topological polar surface area (TPSA) is 88.1 Å². The van der Waals surface area contributed by atoms with E-state index in [0.29, 0.717) is 46.5 Å². The van der Waals surface area contributed by atoms with Crippen LogP contribution in [0.3, 0.4) is 0 Å². The van der Waals surface area contributed by atoms with Crippen LogP contribution in [0.1, 0.15) is 42.6 Å².